The van der Waals surface area contributed by atoms with Gasteiger partial charge in [-0.05, 0) is 37.5 Å². The van der Waals surface area contributed by atoms with E-state index >= 15 is 0 Å². The minimum atomic E-state index is -4.96. The van der Waals surface area contributed by atoms with E-state index in [1.165, 1.54) is 199 Å². The molecule has 0 aliphatic heterocycles. The molecular formula is C75H146O17P2. The normalized spacial score (nSPS) is 14.3. The number of hydrogen-bond donors (Lipinski definition) is 3. The van der Waals surface area contributed by atoms with E-state index in [9.17, 15) is 43.2 Å². The van der Waals surface area contributed by atoms with E-state index < -0.39 is 97.5 Å². The van der Waals surface area contributed by atoms with Crippen molar-refractivity contribution in [2.24, 2.45) is 11.8 Å². The number of aliphatic hydroxyl groups excluding tert-OH is 1. The third kappa shape index (κ3) is 67.3. The molecule has 3 N–H and O–H groups in total. The molecule has 0 aliphatic carbocycles. The number of hydrogen-bond acceptors (Lipinski definition) is 15. The molecule has 19 heteroatoms. The van der Waals surface area contributed by atoms with Crippen LogP contribution in [0.25, 0.3) is 0 Å². The fourth-order valence-corrected chi connectivity index (χ4v) is 13.0. The Balaban J connectivity index is 5.26. The summed E-state index contributed by atoms with van der Waals surface area (Å²) in [5.74, 6) is -0.620. The van der Waals surface area contributed by atoms with Gasteiger partial charge in [0.25, 0.3) is 0 Å². The molecule has 0 bridgehead atoms. The topological polar surface area (TPSA) is 237 Å². The highest BCUT2D eigenvalue weighted by Crippen LogP contribution is 2.45. The van der Waals surface area contributed by atoms with E-state index in [4.69, 9.17) is 37.0 Å². The maximum absolute atomic E-state index is 13.1. The summed E-state index contributed by atoms with van der Waals surface area (Å²) in [5, 5.41) is 10.6. The van der Waals surface area contributed by atoms with Crippen molar-refractivity contribution in [2.75, 3.05) is 39.6 Å². The first kappa shape index (κ1) is 92.1. The number of unbranched alkanes of at least 4 members (excludes halogenated alkanes) is 43. The van der Waals surface area contributed by atoms with Crippen molar-refractivity contribution in [3.8, 4) is 0 Å². The van der Waals surface area contributed by atoms with Crippen molar-refractivity contribution in [1.29, 1.82) is 0 Å². The van der Waals surface area contributed by atoms with Crippen LogP contribution in [0.5, 0.6) is 0 Å². The van der Waals surface area contributed by atoms with Crippen molar-refractivity contribution in [3.63, 3.8) is 0 Å². The van der Waals surface area contributed by atoms with Crippen LogP contribution < -0.4 is 0 Å². The Morgan fingerprint density at radius 2 is 0.543 bits per heavy atom. The summed E-state index contributed by atoms with van der Waals surface area (Å²) in [6, 6.07) is 0. The van der Waals surface area contributed by atoms with Crippen LogP contribution in [0.3, 0.4) is 0 Å². The monoisotopic (exact) mass is 1380 g/mol. The third-order valence-electron chi connectivity index (χ3n) is 17.8. The van der Waals surface area contributed by atoms with Crippen LogP contribution in [-0.4, -0.2) is 96.7 Å². The van der Waals surface area contributed by atoms with Gasteiger partial charge < -0.3 is 33.8 Å². The quantitative estimate of drug-likeness (QED) is 0.0222. The Morgan fingerprint density at radius 1 is 0.309 bits per heavy atom. The van der Waals surface area contributed by atoms with Gasteiger partial charge in [0.1, 0.15) is 19.3 Å². The maximum atomic E-state index is 13.1. The van der Waals surface area contributed by atoms with E-state index in [0.29, 0.717) is 25.7 Å². The molecule has 6 atom stereocenters. The standard InChI is InChI=1S/C75H146O17P2/c1-7-10-12-14-16-18-20-22-24-26-30-34-38-45-51-57-72(77)85-63-70(91-74(79)59-53-47-39-35-31-27-25-23-21-19-17-15-13-11-8-2)65-89-93(81,82)87-61-69(76)62-88-94(83,84)90-66-71(64-86-73(78)58-52-46-42-41-44-50-56-68(6)9-3)92-75(80)60-54-48-40-36-32-28-29-33-37-43-49-55-67(4)5/h67-71,76H,7-66H2,1-6H3,(H,81,82)(H,83,84)/t68?,69-,70-,71-/m1/s1. The molecule has 0 aromatic carbocycles. The maximum Gasteiger partial charge on any atom is 0.472 e. The highest BCUT2D eigenvalue weighted by Gasteiger charge is 2.30. The minimum Gasteiger partial charge on any atom is -0.462 e. The van der Waals surface area contributed by atoms with E-state index in [2.05, 4.69) is 41.5 Å². The zero-order chi connectivity index (χ0) is 69.3. The molecule has 0 rings (SSSR count). The molecule has 17 nitrogen and oxygen atoms in total. The first-order valence-electron chi connectivity index (χ1n) is 39.0. The van der Waals surface area contributed by atoms with Gasteiger partial charge >= 0.3 is 39.5 Å². The van der Waals surface area contributed by atoms with Crippen LogP contribution in [0.2, 0.25) is 0 Å². The van der Waals surface area contributed by atoms with Crippen molar-refractivity contribution in [1.82, 2.24) is 0 Å². The largest absolute Gasteiger partial charge is 0.472 e. The molecule has 0 aliphatic rings. The molecule has 0 radical (unpaired) electrons. The van der Waals surface area contributed by atoms with Gasteiger partial charge in [0.05, 0.1) is 26.4 Å². The molecular weight excluding hydrogens is 1230 g/mol. The Bertz CT molecular complexity index is 1820. The fraction of sp³-hybridized carbons (Fsp3) is 0.947. The summed E-state index contributed by atoms with van der Waals surface area (Å²) < 4.78 is 68.5. The first-order valence-corrected chi connectivity index (χ1v) is 42.0. The number of phosphoric ester groups is 2. The Morgan fingerprint density at radius 3 is 0.809 bits per heavy atom. The molecule has 0 spiro atoms. The second-order valence-electron chi connectivity index (χ2n) is 27.8. The summed E-state index contributed by atoms with van der Waals surface area (Å²) in [6.07, 6.45) is 54.0. The lowest BCUT2D eigenvalue weighted by atomic mass is 10.00. The molecule has 558 valence electrons. The lowest BCUT2D eigenvalue weighted by Crippen LogP contribution is -2.30. The van der Waals surface area contributed by atoms with Crippen molar-refractivity contribution >= 4 is 39.5 Å². The molecule has 0 amide bonds. The number of rotatable bonds is 74. The average Bonchev–Trinajstić information content (AvgIpc) is 1.76. The average molecular weight is 1380 g/mol. The first-order chi connectivity index (χ1) is 45.4. The van der Waals surface area contributed by atoms with Crippen LogP contribution in [0.1, 0.15) is 388 Å². The summed E-state index contributed by atoms with van der Waals surface area (Å²) in [5.41, 5.74) is 0. The summed E-state index contributed by atoms with van der Waals surface area (Å²) >= 11 is 0. The molecule has 0 saturated heterocycles. The van der Waals surface area contributed by atoms with E-state index in [0.717, 1.165) is 108 Å². The number of carbonyl (C=O) groups is 4. The predicted octanol–water partition coefficient (Wildman–Crippen LogP) is 21.9. The van der Waals surface area contributed by atoms with E-state index in [1.54, 1.807) is 0 Å². The molecule has 0 aromatic rings. The van der Waals surface area contributed by atoms with Crippen molar-refractivity contribution in [3.05, 3.63) is 0 Å². The number of ether oxygens (including phenoxy) is 4. The Hall–Kier alpha value is -1.94. The van der Waals surface area contributed by atoms with Gasteiger partial charge in [-0.25, -0.2) is 9.13 Å². The predicted molar refractivity (Wildman–Crippen MR) is 381 cm³/mol. The van der Waals surface area contributed by atoms with Gasteiger partial charge in [0.15, 0.2) is 12.2 Å². The van der Waals surface area contributed by atoms with Gasteiger partial charge in [-0.1, -0.05) is 337 Å². The lowest BCUT2D eigenvalue weighted by Gasteiger charge is -2.21. The summed E-state index contributed by atoms with van der Waals surface area (Å²) in [7, 11) is -9.91. The third-order valence-corrected chi connectivity index (χ3v) is 19.7. The zero-order valence-corrected chi connectivity index (χ0v) is 63.1. The molecule has 3 unspecified atom stereocenters. The number of aliphatic hydroxyl groups is 1. The van der Waals surface area contributed by atoms with Gasteiger partial charge in [0.2, 0.25) is 0 Å². The van der Waals surface area contributed by atoms with Gasteiger partial charge in [-0.2, -0.15) is 0 Å². The second-order valence-corrected chi connectivity index (χ2v) is 30.7. The van der Waals surface area contributed by atoms with Gasteiger partial charge in [-0.3, -0.25) is 37.3 Å². The Kier molecular flexibility index (Phi) is 65.5. The van der Waals surface area contributed by atoms with E-state index in [1.807, 2.05) is 0 Å². The highest BCUT2D eigenvalue weighted by molar-refractivity contribution is 7.47. The van der Waals surface area contributed by atoms with Crippen LogP contribution in [0.15, 0.2) is 0 Å². The van der Waals surface area contributed by atoms with Gasteiger partial charge in [-0.15, -0.1) is 0 Å². The molecule has 94 heavy (non-hydrogen) atoms. The van der Waals surface area contributed by atoms with Crippen LogP contribution in [0.4, 0.5) is 0 Å². The number of phosphoric acid groups is 2. The molecule has 0 saturated carbocycles. The molecule has 0 heterocycles. The highest BCUT2D eigenvalue weighted by atomic mass is 31.2. The summed E-state index contributed by atoms with van der Waals surface area (Å²) in [6.45, 7) is 9.56. The van der Waals surface area contributed by atoms with Crippen LogP contribution in [0, 0.1) is 11.8 Å². The number of carbonyl (C=O) groups excluding carboxylic acids is 4. The second kappa shape index (κ2) is 66.9. The summed E-state index contributed by atoms with van der Waals surface area (Å²) in [4.78, 5) is 72.8. The smallest absolute Gasteiger partial charge is 0.462 e. The van der Waals surface area contributed by atoms with E-state index in [-0.39, 0.29) is 25.7 Å². The molecule has 0 fully saturated rings. The fourth-order valence-electron chi connectivity index (χ4n) is 11.4. The van der Waals surface area contributed by atoms with Crippen LogP contribution in [-0.2, 0) is 65.4 Å². The number of esters is 4. The van der Waals surface area contributed by atoms with Crippen molar-refractivity contribution < 1.29 is 80.2 Å². The zero-order valence-electron chi connectivity index (χ0n) is 61.3. The Labute approximate surface area is 575 Å². The minimum absolute atomic E-state index is 0.106. The van der Waals surface area contributed by atoms with Crippen molar-refractivity contribution in [2.45, 2.75) is 407 Å². The lowest BCUT2D eigenvalue weighted by molar-refractivity contribution is -0.161. The molecule has 0 aromatic heterocycles. The SMILES string of the molecule is CCCCCCCCCCCCCCCCCC(=O)OC[C@H](COP(=O)(O)OC[C@@H](O)COP(=O)(O)OC[C@@H](COC(=O)CCCCCCCCC(C)CC)OC(=O)CCCCCCCCCCCCCC(C)C)OC(=O)CCCCCCCCCCCCCCCCC. The van der Waals surface area contributed by atoms with Crippen LogP contribution >= 0.6 is 15.6 Å². The van der Waals surface area contributed by atoms with Gasteiger partial charge in [0, 0.05) is 25.7 Å².